The van der Waals surface area contributed by atoms with Gasteiger partial charge in [-0.3, -0.25) is 9.59 Å². The van der Waals surface area contributed by atoms with Crippen molar-refractivity contribution in [2.45, 2.75) is 45.4 Å². The van der Waals surface area contributed by atoms with Crippen molar-refractivity contribution in [1.82, 2.24) is 14.8 Å². The summed E-state index contributed by atoms with van der Waals surface area (Å²) in [4.78, 5) is 28.1. The molecular weight excluding hydrogens is 426 g/mol. The van der Waals surface area contributed by atoms with E-state index < -0.39 is 11.7 Å². The lowest BCUT2D eigenvalue weighted by atomic mass is 9.92. The molecule has 1 unspecified atom stereocenters. The quantitative estimate of drug-likeness (QED) is 0.530. The molecule has 7 heteroatoms. The molecule has 168 valence electrons. The van der Waals surface area contributed by atoms with Crippen molar-refractivity contribution in [3.63, 3.8) is 0 Å². The molecule has 2 heterocycles. The fourth-order valence-electron chi connectivity index (χ4n) is 4.53. The minimum Gasteiger partial charge on any atom is -0.358 e. The van der Waals surface area contributed by atoms with Crippen LogP contribution in [0.4, 0.5) is 0 Å². The third-order valence-corrected chi connectivity index (χ3v) is 6.48. The lowest BCUT2D eigenvalue weighted by molar-refractivity contribution is -0.116. The molecule has 6 nitrogen and oxygen atoms in total. The zero-order chi connectivity index (χ0) is 22.8. The maximum absolute atomic E-state index is 13.3. The van der Waals surface area contributed by atoms with Gasteiger partial charge in [0.2, 0.25) is 0 Å². The highest BCUT2D eigenvalue weighted by atomic mass is 35.5. The van der Waals surface area contributed by atoms with Crippen LogP contribution in [-0.2, 0) is 28.9 Å². The number of nitrogens with zero attached hydrogens (tertiary/aromatic N) is 2. The smallest absolute Gasteiger partial charge is 0.296 e. The van der Waals surface area contributed by atoms with Crippen molar-refractivity contribution in [2.24, 2.45) is 0 Å². The predicted molar refractivity (Wildman–Crippen MR) is 125 cm³/mol. The molecule has 0 bridgehead atoms. The highest BCUT2D eigenvalue weighted by Crippen LogP contribution is 2.31. The molecule has 1 atom stereocenters. The van der Waals surface area contributed by atoms with E-state index in [9.17, 15) is 9.59 Å². The first-order valence-electron chi connectivity index (χ1n) is 10.8. The first-order valence-corrected chi connectivity index (χ1v) is 11.2. The van der Waals surface area contributed by atoms with Gasteiger partial charge in [0, 0.05) is 49.0 Å². The average molecular weight is 454 g/mol. The van der Waals surface area contributed by atoms with E-state index in [2.05, 4.69) is 9.88 Å². The number of benzene rings is 1. The van der Waals surface area contributed by atoms with Gasteiger partial charge in [0.15, 0.2) is 6.23 Å². The Morgan fingerprint density at radius 2 is 1.91 bits per heavy atom. The number of likely N-dealkylation sites (N-methyl/N-ethyl adjacent to an activating group) is 1. The van der Waals surface area contributed by atoms with Crippen molar-refractivity contribution in [3.05, 3.63) is 81.4 Å². The summed E-state index contributed by atoms with van der Waals surface area (Å²) < 4.78 is 7.56. The van der Waals surface area contributed by atoms with Crippen LogP contribution in [0.2, 0.25) is 5.02 Å². The van der Waals surface area contributed by atoms with Crippen LogP contribution in [0.5, 0.6) is 0 Å². The molecule has 0 spiro atoms. The average Bonchev–Trinajstić information content (AvgIpc) is 3.07. The Balaban J connectivity index is 1.62. The standard InChI is InChI=1S/C25H28ClN3O3/c1-16-23(24(30)25(31)27-19-12-13-28(2)22(14-19)32-3)20-6-4-5-7-21(20)29(16)15-17-8-10-18(26)11-9-17/h8-14,22H,4-7,15H2,1-3H3,(H,27,31). The Labute approximate surface area is 193 Å². The first-order chi connectivity index (χ1) is 15.4. The highest BCUT2D eigenvalue weighted by molar-refractivity contribution is 6.43. The normalized spacial score (nSPS) is 17.7. The fourth-order valence-corrected chi connectivity index (χ4v) is 4.65. The van der Waals surface area contributed by atoms with Crippen LogP contribution < -0.4 is 5.32 Å². The second kappa shape index (κ2) is 9.35. The van der Waals surface area contributed by atoms with Gasteiger partial charge in [0.1, 0.15) is 0 Å². The van der Waals surface area contributed by atoms with Gasteiger partial charge in [-0.15, -0.1) is 0 Å². The number of aromatic nitrogens is 1. The summed E-state index contributed by atoms with van der Waals surface area (Å²) in [5, 5.41) is 3.45. The summed E-state index contributed by atoms with van der Waals surface area (Å²) in [7, 11) is 3.48. The van der Waals surface area contributed by atoms with Gasteiger partial charge < -0.3 is 19.5 Å². The van der Waals surface area contributed by atoms with Crippen molar-refractivity contribution in [1.29, 1.82) is 0 Å². The molecule has 1 aromatic carbocycles. The Hall–Kier alpha value is -2.83. The monoisotopic (exact) mass is 453 g/mol. The molecule has 1 aromatic heterocycles. The molecule has 0 saturated heterocycles. The van der Waals surface area contributed by atoms with Crippen LogP contribution >= 0.6 is 11.6 Å². The van der Waals surface area contributed by atoms with E-state index >= 15 is 0 Å². The van der Waals surface area contributed by atoms with Crippen LogP contribution in [0.1, 0.15) is 45.7 Å². The van der Waals surface area contributed by atoms with Crippen molar-refractivity contribution in [2.75, 3.05) is 14.2 Å². The maximum Gasteiger partial charge on any atom is 0.296 e. The molecule has 2 aromatic rings. The van der Waals surface area contributed by atoms with E-state index in [1.807, 2.05) is 49.3 Å². The van der Waals surface area contributed by atoms with E-state index in [1.165, 1.54) is 0 Å². The number of rotatable bonds is 6. The van der Waals surface area contributed by atoms with Gasteiger partial charge in [-0.25, -0.2) is 0 Å². The van der Waals surface area contributed by atoms with Crippen molar-refractivity contribution >= 4 is 23.3 Å². The molecule has 32 heavy (non-hydrogen) atoms. The van der Waals surface area contributed by atoms with Crippen molar-refractivity contribution < 1.29 is 14.3 Å². The third-order valence-electron chi connectivity index (χ3n) is 6.23. The summed E-state index contributed by atoms with van der Waals surface area (Å²) in [5.74, 6) is -1.11. The lowest BCUT2D eigenvalue weighted by Crippen LogP contribution is -2.35. The van der Waals surface area contributed by atoms with E-state index in [-0.39, 0.29) is 6.23 Å². The number of methoxy groups -OCH3 is 1. The van der Waals surface area contributed by atoms with Gasteiger partial charge in [-0.1, -0.05) is 23.7 Å². The Kier molecular flexibility index (Phi) is 6.53. The summed E-state index contributed by atoms with van der Waals surface area (Å²) in [5.41, 5.74) is 5.24. The van der Waals surface area contributed by atoms with Crippen LogP contribution in [0.15, 0.2) is 48.3 Å². The number of allylic oxidation sites excluding steroid dienone is 1. The van der Waals surface area contributed by atoms with Gasteiger partial charge >= 0.3 is 0 Å². The molecule has 1 N–H and O–H groups in total. The lowest BCUT2D eigenvalue weighted by Gasteiger charge is -2.26. The predicted octanol–water partition coefficient (Wildman–Crippen LogP) is 3.99. The number of halogens is 1. The molecule has 0 fully saturated rings. The largest absolute Gasteiger partial charge is 0.358 e. The molecular formula is C25H28ClN3O3. The summed E-state index contributed by atoms with van der Waals surface area (Å²) in [6.07, 6.45) is 8.89. The number of ketones is 1. The Morgan fingerprint density at radius 3 is 2.62 bits per heavy atom. The number of amides is 1. The molecule has 4 rings (SSSR count). The summed E-state index contributed by atoms with van der Waals surface area (Å²) in [6, 6.07) is 7.74. The van der Waals surface area contributed by atoms with Crippen LogP contribution in [-0.4, -0.2) is 41.5 Å². The highest BCUT2D eigenvalue weighted by Gasteiger charge is 2.30. The van der Waals surface area contributed by atoms with Gasteiger partial charge in [0.05, 0.1) is 5.56 Å². The molecule has 0 radical (unpaired) electrons. The Morgan fingerprint density at radius 1 is 1.19 bits per heavy atom. The number of ether oxygens (including phenoxy) is 1. The van der Waals surface area contributed by atoms with Crippen molar-refractivity contribution in [3.8, 4) is 0 Å². The van der Waals surface area contributed by atoms with E-state index in [0.717, 1.165) is 48.2 Å². The fraction of sp³-hybridized carbons (Fsp3) is 0.360. The molecule has 1 amide bonds. The number of carbonyl (C=O) groups is 2. The second-order valence-corrected chi connectivity index (χ2v) is 8.75. The van der Waals surface area contributed by atoms with Crippen LogP contribution in [0.25, 0.3) is 0 Å². The minimum absolute atomic E-state index is 0.291. The van der Waals surface area contributed by atoms with Gasteiger partial charge in [0.25, 0.3) is 11.7 Å². The summed E-state index contributed by atoms with van der Waals surface area (Å²) in [6.45, 7) is 2.58. The Bertz CT molecular complexity index is 1100. The first kappa shape index (κ1) is 22.4. The van der Waals surface area contributed by atoms with Gasteiger partial charge in [-0.2, -0.15) is 0 Å². The maximum atomic E-state index is 13.3. The SMILES string of the molecule is COC1C=C(NC(=O)C(=O)c2c3c(n(Cc4ccc(Cl)cc4)c2C)CCCC3)C=CN1C. The minimum atomic E-state index is -0.625. The molecule has 1 aliphatic carbocycles. The molecule has 2 aliphatic rings. The topological polar surface area (TPSA) is 63.6 Å². The second-order valence-electron chi connectivity index (χ2n) is 8.32. The van der Waals surface area contributed by atoms with Crippen LogP contribution in [0.3, 0.4) is 0 Å². The number of nitrogens with one attached hydrogen (secondary N) is 1. The zero-order valence-corrected chi connectivity index (χ0v) is 19.4. The number of Topliss-reactive ketones (excluding diaryl/α,β-unsaturated/α-hetero) is 1. The number of carbonyl (C=O) groups excluding carboxylic acids is 2. The third kappa shape index (κ3) is 4.38. The van der Waals surface area contributed by atoms with E-state index in [0.29, 0.717) is 22.8 Å². The molecule has 1 aliphatic heterocycles. The number of hydrogen-bond acceptors (Lipinski definition) is 4. The molecule has 0 saturated carbocycles. The van der Waals surface area contributed by atoms with Gasteiger partial charge in [-0.05, 0) is 68.0 Å². The van der Waals surface area contributed by atoms with E-state index in [1.54, 1.807) is 19.3 Å². The van der Waals surface area contributed by atoms with Crippen LogP contribution in [0, 0.1) is 6.92 Å². The zero-order valence-electron chi connectivity index (χ0n) is 18.7. The summed E-state index contributed by atoms with van der Waals surface area (Å²) >= 11 is 6.03. The number of fused-ring (bicyclic) bond motifs is 1. The number of hydrogen-bond donors (Lipinski definition) is 1. The van der Waals surface area contributed by atoms with E-state index in [4.69, 9.17) is 16.3 Å².